The van der Waals surface area contributed by atoms with Crippen LogP contribution in [0.5, 0.6) is 0 Å². The van der Waals surface area contributed by atoms with Crippen molar-refractivity contribution in [1.82, 2.24) is 19.8 Å². The molecule has 8 heteroatoms. The number of nitrogens with one attached hydrogen (secondary N) is 1. The van der Waals surface area contributed by atoms with E-state index in [1.54, 1.807) is 4.52 Å². The van der Waals surface area contributed by atoms with Gasteiger partial charge < -0.3 is 5.32 Å². The molecule has 0 unspecified atom stereocenters. The summed E-state index contributed by atoms with van der Waals surface area (Å²) in [6, 6.07) is 11.2. The Morgan fingerprint density at radius 1 is 1.19 bits per heavy atom. The normalized spacial score (nSPS) is 11.1. The Kier molecular flexibility index (Phi) is 4.41. The number of rotatable bonds is 4. The largest absolute Gasteiger partial charge is 0.322 e. The van der Waals surface area contributed by atoms with Crippen LogP contribution in [-0.2, 0) is 6.42 Å². The Balaban J connectivity index is 1.65. The predicted octanol–water partition coefficient (Wildman–Crippen LogP) is 4.12. The van der Waals surface area contributed by atoms with Gasteiger partial charge in [-0.2, -0.15) is 9.61 Å². The summed E-state index contributed by atoms with van der Waals surface area (Å²) >= 11 is 1.44. The zero-order valence-corrected chi connectivity index (χ0v) is 15.5. The van der Waals surface area contributed by atoms with Gasteiger partial charge >= 0.3 is 0 Å². The summed E-state index contributed by atoms with van der Waals surface area (Å²) < 4.78 is 14.8. The molecule has 1 amide bonds. The minimum absolute atomic E-state index is 0.290. The third-order valence-corrected chi connectivity index (χ3v) is 5.16. The van der Waals surface area contributed by atoms with Gasteiger partial charge in [0.05, 0.1) is 0 Å². The summed E-state index contributed by atoms with van der Waals surface area (Å²) in [6.45, 7) is 3.92. The van der Waals surface area contributed by atoms with Gasteiger partial charge in [0, 0.05) is 23.2 Å². The second kappa shape index (κ2) is 6.88. The van der Waals surface area contributed by atoms with Crippen molar-refractivity contribution in [2.24, 2.45) is 0 Å². The number of carbonyl (C=O) groups is 1. The van der Waals surface area contributed by atoms with Crippen LogP contribution in [0.25, 0.3) is 15.5 Å². The Bertz CT molecular complexity index is 1130. The lowest BCUT2D eigenvalue weighted by molar-refractivity contribution is 0.102. The molecule has 0 saturated heterocycles. The molecule has 0 fully saturated rings. The van der Waals surface area contributed by atoms with E-state index < -0.39 is 0 Å². The maximum absolute atomic E-state index is 13.0. The van der Waals surface area contributed by atoms with E-state index >= 15 is 0 Å². The van der Waals surface area contributed by atoms with E-state index in [4.69, 9.17) is 0 Å². The third-order valence-electron chi connectivity index (χ3n) is 4.21. The second-order valence-corrected chi connectivity index (χ2v) is 7.02. The Labute approximate surface area is 158 Å². The molecular formula is C19H16FN5OS. The van der Waals surface area contributed by atoms with Gasteiger partial charge in [-0.3, -0.25) is 4.79 Å². The highest BCUT2D eigenvalue weighted by Crippen LogP contribution is 2.29. The zero-order chi connectivity index (χ0) is 19.0. The van der Waals surface area contributed by atoms with Crippen molar-refractivity contribution >= 4 is 27.9 Å². The number of nitrogens with zero attached hydrogens (tertiary/aromatic N) is 4. The summed E-state index contributed by atoms with van der Waals surface area (Å²) in [5.41, 5.74) is 2.88. The van der Waals surface area contributed by atoms with Gasteiger partial charge in [-0.25, -0.2) is 4.39 Å². The van der Waals surface area contributed by atoms with Crippen molar-refractivity contribution in [1.29, 1.82) is 0 Å². The van der Waals surface area contributed by atoms with Crippen molar-refractivity contribution in [2.45, 2.75) is 20.3 Å². The van der Waals surface area contributed by atoms with Crippen LogP contribution >= 0.6 is 11.3 Å². The lowest BCUT2D eigenvalue weighted by Crippen LogP contribution is -2.12. The molecule has 0 aliphatic rings. The van der Waals surface area contributed by atoms with E-state index in [-0.39, 0.29) is 11.7 Å². The minimum atomic E-state index is -0.376. The van der Waals surface area contributed by atoms with Gasteiger partial charge in [0.1, 0.15) is 10.8 Å². The fourth-order valence-electron chi connectivity index (χ4n) is 2.68. The topological polar surface area (TPSA) is 72.2 Å². The van der Waals surface area contributed by atoms with Gasteiger partial charge in [-0.15, -0.1) is 10.2 Å². The van der Waals surface area contributed by atoms with Gasteiger partial charge in [0.15, 0.2) is 5.82 Å². The van der Waals surface area contributed by atoms with Crippen LogP contribution in [0.15, 0.2) is 42.5 Å². The van der Waals surface area contributed by atoms with Crippen LogP contribution < -0.4 is 5.32 Å². The number of benzene rings is 2. The summed E-state index contributed by atoms with van der Waals surface area (Å²) in [7, 11) is 0. The number of hydrogen-bond donors (Lipinski definition) is 1. The molecule has 6 nitrogen and oxygen atoms in total. The number of hydrogen-bond acceptors (Lipinski definition) is 5. The molecule has 0 atom stereocenters. The highest BCUT2D eigenvalue weighted by Gasteiger charge is 2.14. The van der Waals surface area contributed by atoms with Gasteiger partial charge in [-0.05, 0) is 42.8 Å². The third kappa shape index (κ3) is 3.31. The average Bonchev–Trinajstić information content (AvgIpc) is 3.24. The number of amides is 1. The van der Waals surface area contributed by atoms with E-state index in [1.807, 2.05) is 32.0 Å². The van der Waals surface area contributed by atoms with Crippen LogP contribution in [0.3, 0.4) is 0 Å². The summed E-state index contributed by atoms with van der Waals surface area (Å²) in [4.78, 5) is 13.2. The molecule has 0 aliphatic carbocycles. The second-order valence-electron chi connectivity index (χ2n) is 6.06. The number of fused-ring (bicyclic) bond motifs is 1. The van der Waals surface area contributed by atoms with Crippen LogP contribution in [0, 0.1) is 12.7 Å². The molecule has 4 rings (SSSR count). The maximum Gasteiger partial charge on any atom is 0.255 e. The first-order chi connectivity index (χ1) is 13.0. The zero-order valence-electron chi connectivity index (χ0n) is 14.7. The number of anilines is 1. The van der Waals surface area contributed by atoms with Gasteiger partial charge in [0.2, 0.25) is 4.96 Å². The van der Waals surface area contributed by atoms with E-state index in [0.29, 0.717) is 11.3 Å². The fourth-order valence-corrected chi connectivity index (χ4v) is 3.53. The molecule has 1 N–H and O–H groups in total. The Morgan fingerprint density at radius 3 is 2.70 bits per heavy atom. The average molecular weight is 381 g/mol. The van der Waals surface area contributed by atoms with Crippen molar-refractivity contribution in [3.8, 4) is 10.6 Å². The molecule has 2 aromatic heterocycles. The van der Waals surface area contributed by atoms with E-state index in [0.717, 1.165) is 33.3 Å². The minimum Gasteiger partial charge on any atom is -0.322 e. The first-order valence-electron chi connectivity index (χ1n) is 8.44. The molecule has 0 saturated carbocycles. The van der Waals surface area contributed by atoms with E-state index in [1.165, 1.54) is 35.6 Å². The van der Waals surface area contributed by atoms with E-state index in [9.17, 15) is 9.18 Å². The van der Waals surface area contributed by atoms with Crippen LogP contribution in [-0.4, -0.2) is 25.7 Å². The molecule has 136 valence electrons. The lowest BCUT2D eigenvalue weighted by Gasteiger charge is -2.10. The molecule has 0 spiro atoms. The number of carbonyl (C=O) groups excluding carboxylic acids is 1. The van der Waals surface area contributed by atoms with E-state index in [2.05, 4.69) is 20.6 Å². The molecule has 0 bridgehead atoms. The van der Waals surface area contributed by atoms with Crippen LogP contribution in [0.1, 0.15) is 28.7 Å². The highest BCUT2D eigenvalue weighted by molar-refractivity contribution is 7.19. The predicted molar refractivity (Wildman–Crippen MR) is 103 cm³/mol. The van der Waals surface area contributed by atoms with Gasteiger partial charge in [0.25, 0.3) is 5.91 Å². The van der Waals surface area contributed by atoms with Gasteiger partial charge in [-0.1, -0.05) is 30.4 Å². The summed E-state index contributed by atoms with van der Waals surface area (Å²) in [5, 5.41) is 16.5. The van der Waals surface area contributed by atoms with Crippen molar-refractivity contribution in [2.75, 3.05) is 5.32 Å². The van der Waals surface area contributed by atoms with Crippen molar-refractivity contribution in [3.05, 3.63) is 65.2 Å². The SMILES string of the molecule is CCc1nnc2sc(-c3ccc(C)c(NC(=O)c4ccc(F)cc4)c3)nn12. The van der Waals surface area contributed by atoms with Crippen molar-refractivity contribution in [3.63, 3.8) is 0 Å². The lowest BCUT2D eigenvalue weighted by atomic mass is 10.1. The van der Waals surface area contributed by atoms with Crippen LogP contribution in [0.4, 0.5) is 10.1 Å². The summed E-state index contributed by atoms with van der Waals surface area (Å²) in [5.74, 6) is 0.144. The van der Waals surface area contributed by atoms with Crippen molar-refractivity contribution < 1.29 is 9.18 Å². The molecule has 2 heterocycles. The first kappa shape index (κ1) is 17.3. The molecule has 27 heavy (non-hydrogen) atoms. The fraction of sp³-hybridized carbons (Fsp3) is 0.158. The number of aryl methyl sites for hydroxylation is 2. The molecule has 4 aromatic rings. The summed E-state index contributed by atoms with van der Waals surface area (Å²) in [6.07, 6.45) is 0.747. The number of aromatic nitrogens is 4. The molecular weight excluding hydrogens is 365 g/mol. The molecule has 2 aromatic carbocycles. The van der Waals surface area contributed by atoms with Crippen LogP contribution in [0.2, 0.25) is 0 Å². The first-order valence-corrected chi connectivity index (χ1v) is 9.26. The highest BCUT2D eigenvalue weighted by atomic mass is 32.1. The molecule has 0 radical (unpaired) electrons. The monoisotopic (exact) mass is 381 g/mol. The standard InChI is InChI=1S/C19H16FN5OS/c1-3-16-22-23-19-25(16)24-18(27-19)13-5-4-11(2)15(10-13)21-17(26)12-6-8-14(20)9-7-12/h4-10H,3H2,1-2H3,(H,21,26). The smallest absolute Gasteiger partial charge is 0.255 e. The maximum atomic E-state index is 13.0. The number of halogens is 1. The Hall–Kier alpha value is -3.13. The molecule has 0 aliphatic heterocycles. The quantitative estimate of drug-likeness (QED) is 0.577. The Morgan fingerprint density at radius 2 is 1.96 bits per heavy atom.